The first-order valence-corrected chi connectivity index (χ1v) is 12.5. The molecule has 0 amide bonds. The fourth-order valence-electron chi connectivity index (χ4n) is 4.34. The Balaban J connectivity index is 1.48. The molecule has 2 aliphatic heterocycles. The van der Waals surface area contributed by atoms with Gasteiger partial charge in [-0.2, -0.15) is 0 Å². The standard InChI is InChI=1S/C25H27FO5S/c1-2-17(12-18-8-10-22(27)21(26)13-18)9-11-23-25-19(14-30-20-6-4-3-5-7-20)16-32(28,29)24(25)15-31-23/h3-8,10,12-13,23-24,27H,2,9,11,14-16H2,1H3/b17-12+/t23-,24+/m1/s1. The van der Waals surface area contributed by atoms with E-state index in [0.717, 1.165) is 23.1 Å². The zero-order chi connectivity index (χ0) is 22.7. The Hall–Kier alpha value is -2.64. The molecule has 1 N–H and O–H groups in total. The van der Waals surface area contributed by atoms with Crippen LogP contribution in [0.4, 0.5) is 4.39 Å². The molecule has 4 rings (SSSR count). The van der Waals surface area contributed by atoms with E-state index >= 15 is 0 Å². The van der Waals surface area contributed by atoms with E-state index in [1.807, 2.05) is 43.3 Å². The second kappa shape index (κ2) is 9.46. The Labute approximate surface area is 188 Å². The van der Waals surface area contributed by atoms with E-state index in [-0.39, 0.29) is 30.8 Å². The molecule has 32 heavy (non-hydrogen) atoms. The van der Waals surface area contributed by atoms with Gasteiger partial charge in [-0.3, -0.25) is 0 Å². The van der Waals surface area contributed by atoms with Crippen molar-refractivity contribution in [1.29, 1.82) is 0 Å². The summed E-state index contributed by atoms with van der Waals surface area (Å²) in [7, 11) is -3.27. The van der Waals surface area contributed by atoms with E-state index < -0.39 is 20.9 Å². The number of allylic oxidation sites excluding steroid dienone is 1. The molecule has 2 heterocycles. The monoisotopic (exact) mass is 458 g/mol. The highest BCUT2D eigenvalue weighted by molar-refractivity contribution is 7.92. The van der Waals surface area contributed by atoms with E-state index in [1.165, 1.54) is 12.1 Å². The molecule has 7 heteroatoms. The van der Waals surface area contributed by atoms with E-state index in [4.69, 9.17) is 9.47 Å². The Kier molecular flexibility index (Phi) is 6.67. The molecule has 2 atom stereocenters. The maximum atomic E-state index is 13.6. The van der Waals surface area contributed by atoms with Crippen LogP contribution in [0.5, 0.6) is 11.5 Å². The van der Waals surface area contributed by atoms with Gasteiger partial charge in [0.15, 0.2) is 21.4 Å². The number of sulfone groups is 1. The van der Waals surface area contributed by atoms with Gasteiger partial charge in [0, 0.05) is 0 Å². The molecule has 1 saturated heterocycles. The average molecular weight is 459 g/mol. The number of phenolic OH excluding ortho intramolecular Hbond substituents is 1. The summed E-state index contributed by atoms with van der Waals surface area (Å²) in [6, 6.07) is 13.7. The molecule has 0 aromatic heterocycles. The summed E-state index contributed by atoms with van der Waals surface area (Å²) in [6.07, 6.45) is 3.77. The molecule has 5 nitrogen and oxygen atoms in total. The summed E-state index contributed by atoms with van der Waals surface area (Å²) in [5.74, 6) is -0.303. The normalized spacial score (nSPS) is 22.2. The molecule has 0 radical (unpaired) electrons. The van der Waals surface area contributed by atoms with Crippen molar-refractivity contribution in [2.24, 2.45) is 0 Å². The molecule has 1 fully saturated rings. The third kappa shape index (κ3) is 4.89. The van der Waals surface area contributed by atoms with Gasteiger partial charge in [0.1, 0.15) is 17.6 Å². The van der Waals surface area contributed by atoms with Gasteiger partial charge in [0.2, 0.25) is 0 Å². The van der Waals surface area contributed by atoms with Gasteiger partial charge < -0.3 is 14.6 Å². The van der Waals surface area contributed by atoms with Crippen molar-refractivity contribution < 1.29 is 27.4 Å². The maximum Gasteiger partial charge on any atom is 0.165 e. The van der Waals surface area contributed by atoms with Gasteiger partial charge >= 0.3 is 0 Å². The lowest BCUT2D eigenvalue weighted by atomic mass is 9.96. The summed E-state index contributed by atoms with van der Waals surface area (Å²) in [5, 5.41) is 8.79. The minimum atomic E-state index is -3.27. The molecule has 2 aromatic carbocycles. The minimum Gasteiger partial charge on any atom is -0.505 e. The fourth-order valence-corrected chi connectivity index (χ4v) is 6.26. The summed E-state index contributed by atoms with van der Waals surface area (Å²) >= 11 is 0. The quantitative estimate of drug-likeness (QED) is 0.582. The van der Waals surface area contributed by atoms with Crippen molar-refractivity contribution in [3.05, 3.63) is 76.6 Å². The number of ether oxygens (including phenoxy) is 2. The molecule has 0 unspecified atom stereocenters. The highest BCUT2D eigenvalue weighted by atomic mass is 32.2. The fraction of sp³-hybridized carbons (Fsp3) is 0.360. The zero-order valence-electron chi connectivity index (χ0n) is 18.0. The van der Waals surface area contributed by atoms with E-state index in [1.54, 1.807) is 6.07 Å². The molecule has 2 aromatic rings. The van der Waals surface area contributed by atoms with Crippen LogP contribution in [0.25, 0.3) is 6.08 Å². The predicted octanol–water partition coefficient (Wildman–Crippen LogP) is 4.68. The lowest BCUT2D eigenvalue weighted by Crippen LogP contribution is -2.19. The number of phenols is 1. The predicted molar refractivity (Wildman–Crippen MR) is 122 cm³/mol. The number of fused-ring (bicyclic) bond motifs is 1. The molecular formula is C25H27FO5S. The van der Waals surface area contributed by atoms with Gasteiger partial charge in [-0.15, -0.1) is 0 Å². The lowest BCUT2D eigenvalue weighted by molar-refractivity contribution is 0.117. The lowest BCUT2D eigenvalue weighted by Gasteiger charge is -2.15. The second-order valence-corrected chi connectivity index (χ2v) is 10.4. The van der Waals surface area contributed by atoms with Gasteiger partial charge in [0.05, 0.1) is 18.5 Å². The van der Waals surface area contributed by atoms with Crippen LogP contribution in [-0.4, -0.2) is 43.8 Å². The highest BCUT2D eigenvalue weighted by Gasteiger charge is 2.46. The molecule has 0 bridgehead atoms. The smallest absolute Gasteiger partial charge is 0.165 e. The van der Waals surface area contributed by atoms with Crippen LogP contribution in [0.2, 0.25) is 0 Å². The zero-order valence-corrected chi connectivity index (χ0v) is 18.8. The van der Waals surface area contributed by atoms with Crippen LogP contribution in [0.15, 0.2) is 65.3 Å². The van der Waals surface area contributed by atoms with Crippen LogP contribution < -0.4 is 4.74 Å². The second-order valence-electron chi connectivity index (χ2n) is 8.18. The molecule has 170 valence electrons. The summed E-state index contributed by atoms with van der Waals surface area (Å²) < 4.78 is 50.7. The summed E-state index contributed by atoms with van der Waals surface area (Å²) in [4.78, 5) is 0. The van der Waals surface area contributed by atoms with Gasteiger partial charge in [-0.05, 0) is 60.2 Å². The first-order valence-electron chi connectivity index (χ1n) is 10.8. The van der Waals surface area contributed by atoms with E-state index in [0.29, 0.717) is 24.2 Å². The SMILES string of the molecule is CC/C(=C\c1ccc(O)c(F)c1)CC[C@H]1OC[C@H]2C1=C(COc1ccccc1)CS2(=O)=O. The number of hydrogen-bond donors (Lipinski definition) is 1. The van der Waals surface area contributed by atoms with Crippen LogP contribution in [0.1, 0.15) is 31.7 Å². The van der Waals surface area contributed by atoms with Gasteiger partial charge in [0.25, 0.3) is 0 Å². The number of benzene rings is 2. The van der Waals surface area contributed by atoms with Crippen LogP contribution in [-0.2, 0) is 14.6 Å². The van der Waals surface area contributed by atoms with Gasteiger partial charge in [-0.1, -0.05) is 42.8 Å². The molecular weight excluding hydrogens is 431 g/mol. The first-order chi connectivity index (χ1) is 15.4. The van der Waals surface area contributed by atoms with Gasteiger partial charge in [-0.25, -0.2) is 12.8 Å². The van der Waals surface area contributed by atoms with Crippen molar-refractivity contribution in [3.8, 4) is 11.5 Å². The van der Waals surface area contributed by atoms with Crippen molar-refractivity contribution in [3.63, 3.8) is 0 Å². The summed E-state index contributed by atoms with van der Waals surface area (Å²) in [6.45, 7) is 2.45. The highest BCUT2D eigenvalue weighted by Crippen LogP contribution is 2.39. The van der Waals surface area contributed by atoms with Crippen molar-refractivity contribution >= 4 is 15.9 Å². The molecule has 0 saturated carbocycles. The van der Waals surface area contributed by atoms with Crippen molar-refractivity contribution in [2.75, 3.05) is 19.0 Å². The summed E-state index contributed by atoms with van der Waals surface area (Å²) in [5.41, 5.74) is 3.43. The Morgan fingerprint density at radius 1 is 1.25 bits per heavy atom. The van der Waals surface area contributed by atoms with Crippen LogP contribution in [0, 0.1) is 5.82 Å². The molecule has 0 aliphatic carbocycles. The van der Waals surface area contributed by atoms with Crippen molar-refractivity contribution in [1.82, 2.24) is 0 Å². The third-order valence-electron chi connectivity index (χ3n) is 6.04. The van der Waals surface area contributed by atoms with Crippen LogP contribution >= 0.6 is 0 Å². The van der Waals surface area contributed by atoms with E-state index in [2.05, 4.69) is 0 Å². The number of para-hydroxylation sites is 1. The maximum absolute atomic E-state index is 13.6. The third-order valence-corrected chi connectivity index (χ3v) is 8.05. The first kappa shape index (κ1) is 22.6. The number of rotatable bonds is 8. The minimum absolute atomic E-state index is 0.0168. The Bertz CT molecular complexity index is 1140. The van der Waals surface area contributed by atoms with Crippen molar-refractivity contribution in [2.45, 2.75) is 37.5 Å². The Morgan fingerprint density at radius 2 is 2.03 bits per heavy atom. The van der Waals surface area contributed by atoms with E-state index in [9.17, 15) is 17.9 Å². The largest absolute Gasteiger partial charge is 0.505 e. The topological polar surface area (TPSA) is 72.8 Å². The number of hydrogen-bond acceptors (Lipinski definition) is 5. The Morgan fingerprint density at radius 3 is 2.75 bits per heavy atom. The molecule has 2 aliphatic rings. The average Bonchev–Trinajstić information content (AvgIpc) is 3.32. The molecule has 0 spiro atoms. The number of aromatic hydroxyl groups is 1. The number of halogens is 1. The van der Waals surface area contributed by atoms with Crippen LogP contribution in [0.3, 0.4) is 0 Å².